The van der Waals surface area contributed by atoms with Crippen molar-refractivity contribution in [2.75, 3.05) is 11.1 Å². The fourth-order valence-electron chi connectivity index (χ4n) is 2.55. The van der Waals surface area contributed by atoms with E-state index in [-0.39, 0.29) is 5.95 Å². The molecule has 0 spiro atoms. The highest BCUT2D eigenvalue weighted by atomic mass is 32.1. The van der Waals surface area contributed by atoms with Crippen molar-refractivity contribution < 1.29 is 4.52 Å². The van der Waals surface area contributed by atoms with E-state index in [9.17, 15) is 0 Å². The fraction of sp³-hybridized carbons (Fsp3) is 0.200. The first-order chi connectivity index (χ1) is 11.7. The summed E-state index contributed by atoms with van der Waals surface area (Å²) in [6.07, 6.45) is 1.96. The number of nitrogen functional groups attached to an aromatic ring is 1. The first-order valence-corrected chi connectivity index (χ1v) is 8.29. The lowest BCUT2D eigenvalue weighted by Gasteiger charge is -2.09. The molecule has 0 unspecified atom stereocenters. The summed E-state index contributed by atoms with van der Waals surface area (Å²) in [6.45, 7) is 3.00. The normalized spacial score (nSPS) is 11.2. The molecule has 24 heavy (non-hydrogen) atoms. The number of aryl methyl sites for hydroxylation is 1. The number of nitrogens with two attached hydrogens (primary N) is 1. The number of nitrogens with one attached hydrogen (secondary N) is 1. The van der Waals surface area contributed by atoms with Crippen LogP contribution in [0.4, 0.5) is 11.8 Å². The summed E-state index contributed by atoms with van der Waals surface area (Å²) in [4.78, 5) is 13.0. The van der Waals surface area contributed by atoms with Crippen LogP contribution in [0, 0.1) is 6.92 Å². The quantitative estimate of drug-likeness (QED) is 0.574. The molecule has 4 aromatic heterocycles. The number of nitrogens with zero attached hydrogens (tertiary/aromatic N) is 5. The van der Waals surface area contributed by atoms with Gasteiger partial charge in [0.2, 0.25) is 5.95 Å². The Morgan fingerprint density at radius 3 is 3.00 bits per heavy atom. The smallest absolute Gasteiger partial charge is 0.222 e. The summed E-state index contributed by atoms with van der Waals surface area (Å²) < 4.78 is 7.14. The Morgan fingerprint density at radius 2 is 2.25 bits per heavy atom. The van der Waals surface area contributed by atoms with Gasteiger partial charge in [0.1, 0.15) is 17.0 Å². The van der Waals surface area contributed by atoms with Gasteiger partial charge in [-0.3, -0.25) is 0 Å². The summed E-state index contributed by atoms with van der Waals surface area (Å²) in [7, 11) is 0. The minimum atomic E-state index is 0.229. The summed E-state index contributed by atoms with van der Waals surface area (Å²) in [5.74, 6) is 1.66. The molecule has 0 radical (unpaired) electrons. The largest absolute Gasteiger partial charge is 0.368 e. The first-order valence-electron chi connectivity index (χ1n) is 7.34. The van der Waals surface area contributed by atoms with E-state index in [0.29, 0.717) is 18.9 Å². The summed E-state index contributed by atoms with van der Waals surface area (Å²) in [5, 5.41) is 9.27. The van der Waals surface area contributed by atoms with Crippen LogP contribution in [0.5, 0.6) is 0 Å². The molecule has 0 saturated heterocycles. The molecule has 0 atom stereocenters. The Morgan fingerprint density at radius 1 is 1.33 bits per heavy atom. The predicted molar refractivity (Wildman–Crippen MR) is 91.7 cm³/mol. The third-order valence-corrected chi connectivity index (χ3v) is 4.19. The zero-order valence-electron chi connectivity index (χ0n) is 12.9. The van der Waals surface area contributed by atoms with Crippen LogP contribution in [0.1, 0.15) is 17.1 Å². The third-order valence-electron chi connectivity index (χ3n) is 3.56. The monoisotopic (exact) mass is 341 g/mol. The molecule has 0 aliphatic carbocycles. The van der Waals surface area contributed by atoms with Gasteiger partial charge in [0.05, 0.1) is 29.8 Å². The SMILES string of the molecule is Cc1cc(CNc2nc(N)nc3ccn(Cc4cscn4)c23)no1. The molecule has 4 heterocycles. The van der Waals surface area contributed by atoms with E-state index in [2.05, 4.69) is 30.0 Å². The fourth-order valence-corrected chi connectivity index (χ4v) is 3.09. The van der Waals surface area contributed by atoms with Crippen molar-refractivity contribution in [1.29, 1.82) is 0 Å². The van der Waals surface area contributed by atoms with E-state index in [1.165, 1.54) is 0 Å². The lowest BCUT2D eigenvalue weighted by Crippen LogP contribution is -2.08. The predicted octanol–water partition coefficient (Wildman–Crippen LogP) is 2.43. The lowest BCUT2D eigenvalue weighted by atomic mass is 10.3. The number of thiazole rings is 1. The van der Waals surface area contributed by atoms with E-state index < -0.39 is 0 Å². The molecule has 0 amide bonds. The maximum absolute atomic E-state index is 5.83. The summed E-state index contributed by atoms with van der Waals surface area (Å²) in [5.41, 5.74) is 11.1. The van der Waals surface area contributed by atoms with Crippen LogP contribution in [0.25, 0.3) is 11.0 Å². The number of anilines is 2. The lowest BCUT2D eigenvalue weighted by molar-refractivity contribution is 0.391. The van der Waals surface area contributed by atoms with Gasteiger partial charge in [-0.1, -0.05) is 5.16 Å². The van der Waals surface area contributed by atoms with Gasteiger partial charge in [0.15, 0.2) is 5.82 Å². The zero-order valence-corrected chi connectivity index (χ0v) is 13.7. The zero-order chi connectivity index (χ0) is 16.5. The second-order valence-electron chi connectivity index (χ2n) is 5.37. The second kappa shape index (κ2) is 5.93. The maximum atomic E-state index is 5.83. The van der Waals surface area contributed by atoms with E-state index >= 15 is 0 Å². The Labute approximate surface area is 141 Å². The summed E-state index contributed by atoms with van der Waals surface area (Å²) in [6, 6.07) is 3.80. The molecule has 9 heteroatoms. The van der Waals surface area contributed by atoms with Crippen LogP contribution < -0.4 is 11.1 Å². The highest BCUT2D eigenvalue weighted by molar-refractivity contribution is 7.07. The Hall–Kier alpha value is -2.94. The third kappa shape index (κ3) is 2.81. The number of aromatic nitrogens is 5. The van der Waals surface area contributed by atoms with E-state index in [4.69, 9.17) is 10.3 Å². The van der Waals surface area contributed by atoms with Crippen molar-refractivity contribution in [3.63, 3.8) is 0 Å². The van der Waals surface area contributed by atoms with Crippen molar-refractivity contribution in [3.8, 4) is 0 Å². The van der Waals surface area contributed by atoms with Gasteiger partial charge in [-0.2, -0.15) is 4.98 Å². The average Bonchev–Trinajstić information content (AvgIpc) is 3.28. The highest BCUT2D eigenvalue weighted by Crippen LogP contribution is 2.24. The van der Waals surface area contributed by atoms with Crippen molar-refractivity contribution in [2.45, 2.75) is 20.0 Å². The molecule has 0 aliphatic heterocycles. The molecule has 0 bridgehead atoms. The van der Waals surface area contributed by atoms with Crippen LogP contribution in [0.3, 0.4) is 0 Å². The Balaban J connectivity index is 1.68. The van der Waals surface area contributed by atoms with Gasteiger partial charge in [-0.05, 0) is 13.0 Å². The molecule has 4 rings (SSSR count). The molecule has 4 aromatic rings. The molecule has 0 saturated carbocycles. The molecule has 3 N–H and O–H groups in total. The van der Waals surface area contributed by atoms with Crippen molar-refractivity contribution in [3.05, 3.63) is 46.4 Å². The molecule has 8 nitrogen and oxygen atoms in total. The molecule has 0 aliphatic rings. The van der Waals surface area contributed by atoms with Crippen LogP contribution >= 0.6 is 11.3 Å². The minimum absolute atomic E-state index is 0.229. The van der Waals surface area contributed by atoms with E-state index in [0.717, 1.165) is 28.2 Å². The molecular formula is C15H15N7OS. The topological polar surface area (TPSA) is 108 Å². The van der Waals surface area contributed by atoms with Gasteiger partial charge in [0, 0.05) is 17.6 Å². The standard InChI is InChI=1S/C15H15N7OS/c1-9-4-10(21-23-9)5-17-14-13-12(19-15(16)20-14)2-3-22(13)6-11-7-24-8-18-11/h2-4,7-8H,5-6H2,1H3,(H3,16,17,19,20). The number of hydrogen-bond donors (Lipinski definition) is 2. The van der Waals surface area contributed by atoms with E-state index in [1.807, 2.05) is 36.1 Å². The van der Waals surface area contributed by atoms with Gasteiger partial charge in [-0.15, -0.1) is 11.3 Å². The Bertz CT molecular complexity index is 973. The van der Waals surface area contributed by atoms with Crippen LogP contribution in [-0.2, 0) is 13.1 Å². The van der Waals surface area contributed by atoms with Crippen LogP contribution in [0.2, 0.25) is 0 Å². The average molecular weight is 341 g/mol. The van der Waals surface area contributed by atoms with Crippen LogP contribution in [0.15, 0.2) is 33.7 Å². The van der Waals surface area contributed by atoms with Gasteiger partial charge in [0.25, 0.3) is 0 Å². The minimum Gasteiger partial charge on any atom is -0.368 e. The first kappa shape index (κ1) is 14.6. The Kier molecular flexibility index (Phi) is 3.62. The van der Waals surface area contributed by atoms with E-state index in [1.54, 1.807) is 11.3 Å². The second-order valence-corrected chi connectivity index (χ2v) is 6.09. The van der Waals surface area contributed by atoms with Crippen molar-refractivity contribution in [1.82, 2.24) is 24.7 Å². The molecule has 0 aromatic carbocycles. The molecular weight excluding hydrogens is 326 g/mol. The maximum Gasteiger partial charge on any atom is 0.222 e. The van der Waals surface area contributed by atoms with Gasteiger partial charge < -0.3 is 20.1 Å². The van der Waals surface area contributed by atoms with Gasteiger partial charge >= 0.3 is 0 Å². The highest BCUT2D eigenvalue weighted by Gasteiger charge is 2.13. The molecule has 0 fully saturated rings. The van der Waals surface area contributed by atoms with Crippen molar-refractivity contribution >= 4 is 34.1 Å². The number of rotatable bonds is 5. The number of hydrogen-bond acceptors (Lipinski definition) is 8. The molecule has 122 valence electrons. The number of fused-ring (bicyclic) bond motifs is 1. The van der Waals surface area contributed by atoms with Gasteiger partial charge in [-0.25, -0.2) is 9.97 Å². The van der Waals surface area contributed by atoms with Crippen LogP contribution in [-0.4, -0.2) is 24.7 Å². The summed E-state index contributed by atoms with van der Waals surface area (Å²) >= 11 is 1.57. The van der Waals surface area contributed by atoms with Crippen molar-refractivity contribution in [2.24, 2.45) is 0 Å².